The Kier molecular flexibility index (Phi) is 4.34. The summed E-state index contributed by atoms with van der Waals surface area (Å²) < 4.78 is 0. The van der Waals surface area contributed by atoms with Crippen molar-refractivity contribution in [2.75, 3.05) is 4.90 Å². The molecule has 0 aliphatic carbocycles. The Balaban J connectivity index is 2.07. The minimum Gasteiger partial charge on any atom is -0.411 e. The molecule has 0 amide bonds. The van der Waals surface area contributed by atoms with E-state index in [2.05, 4.69) is 39.5 Å². The fourth-order valence-electron chi connectivity index (χ4n) is 3.45. The number of para-hydroxylation sites is 2. The lowest BCUT2D eigenvalue weighted by molar-refractivity contribution is 0.316. The van der Waals surface area contributed by atoms with Gasteiger partial charge in [0.1, 0.15) is 0 Å². The van der Waals surface area contributed by atoms with Crippen LogP contribution >= 0.6 is 0 Å². The van der Waals surface area contributed by atoms with Crippen LogP contribution in [0.15, 0.2) is 83.1 Å². The number of fused-ring (bicyclic) bond motifs is 2. The summed E-state index contributed by atoms with van der Waals surface area (Å²) in [4.78, 5) is 2.10. The molecule has 3 aromatic carbocycles. The number of oxime groups is 2. The highest BCUT2D eigenvalue weighted by molar-refractivity contribution is 6.23. The maximum Gasteiger partial charge on any atom is 0.0949 e. The first-order valence-electron chi connectivity index (χ1n) is 8.70. The van der Waals surface area contributed by atoms with Crippen molar-refractivity contribution in [3.05, 3.63) is 89.5 Å². The fourth-order valence-corrected chi connectivity index (χ4v) is 3.45. The highest BCUT2D eigenvalue weighted by Gasteiger charge is 2.26. The van der Waals surface area contributed by atoms with Crippen LogP contribution in [-0.2, 0) is 0 Å². The van der Waals surface area contributed by atoms with Gasteiger partial charge in [-0.1, -0.05) is 64.4 Å². The first-order valence-corrected chi connectivity index (χ1v) is 8.70. The molecular weight excluding hydrogens is 338 g/mol. The fraction of sp³-hybridized carbons (Fsp3) is 0.0909. The SMILES string of the molecule is Cc1ccc(N2c3ccccc3/C(=N\O)C/C(=N/O)c3ccccc32)cc1. The van der Waals surface area contributed by atoms with Gasteiger partial charge in [-0.3, -0.25) is 0 Å². The van der Waals surface area contributed by atoms with Gasteiger partial charge >= 0.3 is 0 Å². The quantitative estimate of drug-likeness (QED) is 0.463. The van der Waals surface area contributed by atoms with Crippen molar-refractivity contribution >= 4 is 28.5 Å². The van der Waals surface area contributed by atoms with Crippen LogP contribution in [0.4, 0.5) is 17.1 Å². The number of anilines is 3. The summed E-state index contributed by atoms with van der Waals surface area (Å²) in [7, 11) is 0. The van der Waals surface area contributed by atoms with Crippen LogP contribution in [0.3, 0.4) is 0 Å². The zero-order valence-electron chi connectivity index (χ0n) is 14.9. The lowest BCUT2D eigenvalue weighted by Crippen LogP contribution is -2.23. The first kappa shape index (κ1) is 16.8. The molecule has 0 atom stereocenters. The Bertz CT molecular complexity index is 978. The summed E-state index contributed by atoms with van der Waals surface area (Å²) in [6.07, 6.45) is 0.225. The van der Waals surface area contributed by atoms with Crippen molar-refractivity contribution in [2.24, 2.45) is 10.3 Å². The monoisotopic (exact) mass is 357 g/mol. The molecule has 0 saturated carbocycles. The molecule has 0 bridgehead atoms. The number of aryl methyl sites for hydroxylation is 1. The Morgan fingerprint density at radius 3 is 1.67 bits per heavy atom. The molecule has 5 heteroatoms. The summed E-state index contributed by atoms with van der Waals surface area (Å²) in [6.45, 7) is 2.05. The van der Waals surface area contributed by atoms with E-state index in [0.29, 0.717) is 11.4 Å². The molecule has 4 rings (SSSR count). The molecule has 0 fully saturated rings. The lowest BCUT2D eigenvalue weighted by Gasteiger charge is -2.31. The van der Waals surface area contributed by atoms with Gasteiger partial charge in [-0.2, -0.15) is 0 Å². The summed E-state index contributed by atoms with van der Waals surface area (Å²) >= 11 is 0. The van der Waals surface area contributed by atoms with Crippen molar-refractivity contribution in [3.63, 3.8) is 0 Å². The Labute approximate surface area is 157 Å². The van der Waals surface area contributed by atoms with Gasteiger partial charge in [0.15, 0.2) is 0 Å². The summed E-state index contributed by atoms with van der Waals surface area (Å²) in [5.74, 6) is 0. The third-order valence-corrected chi connectivity index (χ3v) is 4.78. The van der Waals surface area contributed by atoms with Crippen molar-refractivity contribution < 1.29 is 10.4 Å². The molecule has 0 aromatic heterocycles. The molecule has 0 radical (unpaired) electrons. The van der Waals surface area contributed by atoms with E-state index in [9.17, 15) is 10.4 Å². The van der Waals surface area contributed by atoms with Crippen LogP contribution in [0, 0.1) is 6.92 Å². The predicted molar refractivity (Wildman–Crippen MR) is 107 cm³/mol. The van der Waals surface area contributed by atoms with Gasteiger partial charge in [-0.15, -0.1) is 0 Å². The van der Waals surface area contributed by atoms with E-state index in [0.717, 1.165) is 28.2 Å². The Hall–Kier alpha value is -3.60. The van der Waals surface area contributed by atoms with Gasteiger partial charge in [0, 0.05) is 23.2 Å². The average Bonchev–Trinajstić information content (AvgIpc) is 2.71. The molecule has 0 unspecified atom stereocenters. The lowest BCUT2D eigenvalue weighted by atomic mass is 9.93. The zero-order chi connectivity index (χ0) is 18.8. The smallest absolute Gasteiger partial charge is 0.0949 e. The third-order valence-electron chi connectivity index (χ3n) is 4.78. The van der Waals surface area contributed by atoms with Gasteiger partial charge < -0.3 is 15.3 Å². The standard InChI is InChI=1S/C22H19N3O2/c1-15-10-12-16(13-11-15)25-21-8-4-2-6-17(21)19(23-26)14-20(24-27)18-7-3-5-9-22(18)25/h2-13,26-27H,14H2,1H3/b23-19-,24-20-. The van der Waals surface area contributed by atoms with Gasteiger partial charge in [0.05, 0.1) is 22.8 Å². The molecule has 27 heavy (non-hydrogen) atoms. The van der Waals surface area contributed by atoms with E-state index in [1.54, 1.807) is 0 Å². The maximum absolute atomic E-state index is 9.64. The van der Waals surface area contributed by atoms with Gasteiger partial charge in [-0.25, -0.2) is 0 Å². The molecule has 1 aliphatic rings. The molecular formula is C22H19N3O2. The number of nitrogens with zero attached hydrogens (tertiary/aromatic N) is 3. The Morgan fingerprint density at radius 2 is 1.19 bits per heavy atom. The van der Waals surface area contributed by atoms with E-state index in [1.165, 1.54) is 5.56 Å². The van der Waals surface area contributed by atoms with Crippen LogP contribution < -0.4 is 4.90 Å². The number of rotatable bonds is 1. The summed E-state index contributed by atoms with van der Waals surface area (Å²) in [5.41, 5.74) is 6.42. The van der Waals surface area contributed by atoms with Crippen molar-refractivity contribution in [3.8, 4) is 0 Å². The number of benzene rings is 3. The van der Waals surface area contributed by atoms with Crippen LogP contribution in [-0.4, -0.2) is 21.8 Å². The zero-order valence-corrected chi connectivity index (χ0v) is 14.9. The minimum atomic E-state index is 0.225. The molecule has 5 nitrogen and oxygen atoms in total. The van der Waals surface area contributed by atoms with Crippen LogP contribution in [0.2, 0.25) is 0 Å². The maximum atomic E-state index is 9.64. The average molecular weight is 357 g/mol. The summed E-state index contributed by atoms with van der Waals surface area (Å²) in [5, 5.41) is 26.3. The second-order valence-electron chi connectivity index (χ2n) is 6.48. The molecule has 134 valence electrons. The third kappa shape index (κ3) is 2.93. The predicted octanol–water partition coefficient (Wildman–Crippen LogP) is 5.23. The normalized spacial score (nSPS) is 16.6. The Morgan fingerprint density at radius 1 is 0.704 bits per heavy atom. The topological polar surface area (TPSA) is 68.4 Å². The highest BCUT2D eigenvalue weighted by atomic mass is 16.4. The second kappa shape index (κ2) is 6.96. The van der Waals surface area contributed by atoms with Gasteiger partial charge in [0.2, 0.25) is 0 Å². The van der Waals surface area contributed by atoms with Crippen molar-refractivity contribution in [1.29, 1.82) is 0 Å². The van der Waals surface area contributed by atoms with Crippen LogP contribution in [0.1, 0.15) is 23.1 Å². The van der Waals surface area contributed by atoms with E-state index in [-0.39, 0.29) is 6.42 Å². The highest BCUT2D eigenvalue weighted by Crippen LogP contribution is 2.41. The van der Waals surface area contributed by atoms with Gasteiger partial charge in [-0.05, 0) is 31.2 Å². The van der Waals surface area contributed by atoms with E-state index >= 15 is 0 Å². The minimum absolute atomic E-state index is 0.225. The molecule has 0 spiro atoms. The van der Waals surface area contributed by atoms with E-state index < -0.39 is 0 Å². The van der Waals surface area contributed by atoms with E-state index in [4.69, 9.17) is 0 Å². The van der Waals surface area contributed by atoms with Gasteiger partial charge in [0.25, 0.3) is 0 Å². The van der Waals surface area contributed by atoms with Crippen molar-refractivity contribution in [2.45, 2.75) is 13.3 Å². The number of hydrogen-bond donors (Lipinski definition) is 2. The molecule has 1 aliphatic heterocycles. The second-order valence-corrected chi connectivity index (χ2v) is 6.48. The molecule has 0 saturated heterocycles. The molecule has 3 aromatic rings. The van der Waals surface area contributed by atoms with Crippen LogP contribution in [0.25, 0.3) is 0 Å². The van der Waals surface area contributed by atoms with Crippen LogP contribution in [0.5, 0.6) is 0 Å². The van der Waals surface area contributed by atoms with E-state index in [1.807, 2.05) is 55.5 Å². The largest absolute Gasteiger partial charge is 0.411 e. The number of hydrogen-bond acceptors (Lipinski definition) is 5. The molecule has 2 N–H and O–H groups in total. The van der Waals surface area contributed by atoms with Crippen molar-refractivity contribution in [1.82, 2.24) is 0 Å². The molecule has 1 heterocycles. The summed E-state index contributed by atoms with van der Waals surface area (Å²) in [6, 6.07) is 23.8. The first-order chi connectivity index (χ1) is 13.2.